The van der Waals surface area contributed by atoms with E-state index in [1.54, 1.807) is 28.8 Å². The third-order valence-electron chi connectivity index (χ3n) is 3.95. The summed E-state index contributed by atoms with van der Waals surface area (Å²) in [4.78, 5) is 12.4. The number of anilines is 1. The van der Waals surface area contributed by atoms with Gasteiger partial charge in [0, 0.05) is 7.05 Å². The maximum Gasteiger partial charge on any atom is 0.275 e. The lowest BCUT2D eigenvalue weighted by Gasteiger charge is -2.07. The average molecular weight is 418 g/mol. The summed E-state index contributed by atoms with van der Waals surface area (Å²) in [6.07, 6.45) is 4.29. The zero-order valence-corrected chi connectivity index (χ0v) is 16.4. The smallest absolute Gasteiger partial charge is 0.275 e. The van der Waals surface area contributed by atoms with E-state index in [2.05, 4.69) is 38.4 Å². The van der Waals surface area contributed by atoms with Gasteiger partial charge in [0.25, 0.3) is 5.91 Å². The van der Waals surface area contributed by atoms with Gasteiger partial charge in [0.1, 0.15) is 11.4 Å². The van der Waals surface area contributed by atoms with Crippen LogP contribution in [-0.2, 0) is 20.2 Å². The summed E-state index contributed by atoms with van der Waals surface area (Å²) in [5.74, 6) is 0.521. The first-order valence-corrected chi connectivity index (χ1v) is 9.02. The number of hydrogen-bond acceptors (Lipinski definition) is 4. The molecule has 3 aromatic rings. The van der Waals surface area contributed by atoms with Gasteiger partial charge >= 0.3 is 0 Å². The molecule has 0 bridgehead atoms. The van der Waals surface area contributed by atoms with Gasteiger partial charge in [-0.15, -0.1) is 0 Å². The van der Waals surface area contributed by atoms with Gasteiger partial charge in [0.05, 0.1) is 28.2 Å². The van der Waals surface area contributed by atoms with Crippen LogP contribution in [0.2, 0.25) is 0 Å². The van der Waals surface area contributed by atoms with Gasteiger partial charge in [-0.25, -0.2) is 4.68 Å². The summed E-state index contributed by atoms with van der Waals surface area (Å²) >= 11 is 3.40. The van der Waals surface area contributed by atoms with Crippen LogP contribution in [0.5, 0.6) is 5.75 Å². The minimum Gasteiger partial charge on any atom is -0.471 e. The summed E-state index contributed by atoms with van der Waals surface area (Å²) < 4.78 is 9.55. The molecule has 1 aromatic carbocycles. The van der Waals surface area contributed by atoms with Crippen LogP contribution in [0, 0.1) is 6.92 Å². The molecule has 3 rings (SSSR count). The van der Waals surface area contributed by atoms with Gasteiger partial charge in [0.2, 0.25) is 0 Å². The first-order valence-electron chi connectivity index (χ1n) is 8.22. The van der Waals surface area contributed by atoms with Crippen molar-refractivity contribution in [1.29, 1.82) is 0 Å². The lowest BCUT2D eigenvalue weighted by atomic mass is 10.2. The second-order valence-corrected chi connectivity index (χ2v) is 6.66. The Balaban J connectivity index is 1.61. The zero-order valence-electron chi connectivity index (χ0n) is 14.9. The molecule has 26 heavy (non-hydrogen) atoms. The SMILES string of the molecule is CCc1ccc(OCn2cc(NC(=O)c3c(Br)c(C)nn3C)cn2)cc1. The number of halogens is 1. The number of nitrogens with zero attached hydrogens (tertiary/aromatic N) is 4. The van der Waals surface area contributed by atoms with E-state index in [0.717, 1.165) is 17.9 Å². The van der Waals surface area contributed by atoms with Crippen LogP contribution in [0.25, 0.3) is 0 Å². The van der Waals surface area contributed by atoms with Crippen molar-refractivity contribution in [2.75, 3.05) is 5.32 Å². The van der Waals surface area contributed by atoms with Crippen LogP contribution < -0.4 is 10.1 Å². The molecule has 2 aromatic heterocycles. The monoisotopic (exact) mass is 417 g/mol. The normalized spacial score (nSPS) is 10.8. The molecular weight excluding hydrogens is 398 g/mol. The van der Waals surface area contributed by atoms with Crippen molar-refractivity contribution in [2.24, 2.45) is 7.05 Å². The Morgan fingerprint density at radius 1 is 1.31 bits per heavy atom. The second-order valence-electron chi connectivity index (χ2n) is 5.87. The summed E-state index contributed by atoms with van der Waals surface area (Å²) in [7, 11) is 1.73. The Labute approximate surface area is 160 Å². The molecule has 7 nitrogen and oxygen atoms in total. The standard InChI is InChI=1S/C18H20BrN5O2/c1-4-13-5-7-15(8-6-13)26-11-24-10-14(9-20-24)21-18(25)17-16(19)12(2)22-23(17)3/h5-10H,4,11H2,1-3H3,(H,21,25). The Morgan fingerprint density at radius 3 is 2.65 bits per heavy atom. The van der Waals surface area contributed by atoms with E-state index in [9.17, 15) is 4.79 Å². The van der Waals surface area contributed by atoms with Crippen LogP contribution >= 0.6 is 15.9 Å². The second kappa shape index (κ2) is 7.74. The highest BCUT2D eigenvalue weighted by molar-refractivity contribution is 9.10. The molecule has 0 aliphatic heterocycles. The van der Waals surface area contributed by atoms with E-state index in [1.165, 1.54) is 5.56 Å². The lowest BCUT2D eigenvalue weighted by molar-refractivity contribution is 0.101. The van der Waals surface area contributed by atoms with Crippen molar-refractivity contribution in [1.82, 2.24) is 19.6 Å². The van der Waals surface area contributed by atoms with Crippen LogP contribution in [-0.4, -0.2) is 25.5 Å². The van der Waals surface area contributed by atoms with Gasteiger partial charge in [-0.2, -0.15) is 10.2 Å². The number of aryl methyl sites for hydroxylation is 3. The Hall–Kier alpha value is -2.61. The van der Waals surface area contributed by atoms with E-state index in [1.807, 2.05) is 31.2 Å². The number of ether oxygens (including phenoxy) is 1. The Morgan fingerprint density at radius 2 is 2.04 bits per heavy atom. The van der Waals surface area contributed by atoms with Gasteiger partial charge < -0.3 is 10.1 Å². The predicted octanol–water partition coefficient (Wildman–Crippen LogP) is 3.54. The molecule has 0 aliphatic carbocycles. The largest absolute Gasteiger partial charge is 0.471 e. The van der Waals surface area contributed by atoms with E-state index in [-0.39, 0.29) is 12.6 Å². The lowest BCUT2D eigenvalue weighted by Crippen LogP contribution is -2.16. The van der Waals surface area contributed by atoms with Gasteiger partial charge in [-0.05, 0) is 47.0 Å². The summed E-state index contributed by atoms with van der Waals surface area (Å²) in [5, 5.41) is 11.2. The van der Waals surface area contributed by atoms with E-state index in [0.29, 0.717) is 15.9 Å². The van der Waals surface area contributed by atoms with E-state index >= 15 is 0 Å². The molecule has 0 saturated carbocycles. The number of aromatic nitrogens is 4. The van der Waals surface area contributed by atoms with Gasteiger partial charge in [-0.3, -0.25) is 9.48 Å². The van der Waals surface area contributed by atoms with Gasteiger partial charge in [0.15, 0.2) is 6.73 Å². The minimum absolute atomic E-state index is 0.254. The first kappa shape index (κ1) is 18.2. The predicted molar refractivity (Wildman–Crippen MR) is 102 cm³/mol. The Kier molecular flexibility index (Phi) is 5.41. The molecule has 8 heteroatoms. The molecule has 0 fully saturated rings. The average Bonchev–Trinajstić information content (AvgIpc) is 3.17. The van der Waals surface area contributed by atoms with Gasteiger partial charge in [-0.1, -0.05) is 19.1 Å². The third kappa shape index (κ3) is 3.96. The zero-order chi connectivity index (χ0) is 18.7. The molecule has 0 atom stereocenters. The van der Waals surface area contributed by atoms with Crippen LogP contribution in [0.15, 0.2) is 41.1 Å². The van der Waals surface area contributed by atoms with Crippen LogP contribution in [0.4, 0.5) is 5.69 Å². The number of carbonyl (C=O) groups excluding carboxylic acids is 1. The molecular formula is C18H20BrN5O2. The fourth-order valence-electron chi connectivity index (χ4n) is 2.53. The number of nitrogens with one attached hydrogen (secondary N) is 1. The quantitative estimate of drug-likeness (QED) is 0.665. The molecule has 0 spiro atoms. The molecule has 0 unspecified atom stereocenters. The highest BCUT2D eigenvalue weighted by Crippen LogP contribution is 2.21. The summed E-state index contributed by atoms with van der Waals surface area (Å²) in [6.45, 7) is 4.21. The first-order chi connectivity index (χ1) is 12.5. The minimum atomic E-state index is -0.254. The number of rotatable bonds is 6. The number of benzene rings is 1. The molecule has 1 N–H and O–H groups in total. The molecule has 0 radical (unpaired) electrons. The Bertz CT molecular complexity index is 914. The number of carbonyl (C=O) groups is 1. The third-order valence-corrected chi connectivity index (χ3v) is 4.90. The summed E-state index contributed by atoms with van der Waals surface area (Å²) in [5.41, 5.74) is 3.07. The van der Waals surface area contributed by atoms with Crippen molar-refractivity contribution < 1.29 is 9.53 Å². The van der Waals surface area contributed by atoms with Crippen molar-refractivity contribution in [3.8, 4) is 5.75 Å². The van der Waals surface area contributed by atoms with Crippen LogP contribution in [0.3, 0.4) is 0 Å². The molecule has 2 heterocycles. The molecule has 1 amide bonds. The van der Waals surface area contributed by atoms with Crippen molar-refractivity contribution in [3.05, 3.63) is 58.1 Å². The fourth-order valence-corrected chi connectivity index (χ4v) is 3.05. The molecule has 136 valence electrons. The maximum atomic E-state index is 12.4. The summed E-state index contributed by atoms with van der Waals surface area (Å²) in [6, 6.07) is 7.95. The van der Waals surface area contributed by atoms with E-state index < -0.39 is 0 Å². The number of amides is 1. The molecule has 0 saturated heterocycles. The maximum absolute atomic E-state index is 12.4. The highest BCUT2D eigenvalue weighted by atomic mass is 79.9. The fraction of sp³-hybridized carbons (Fsp3) is 0.278. The number of hydrogen-bond donors (Lipinski definition) is 1. The van der Waals surface area contributed by atoms with E-state index in [4.69, 9.17) is 4.74 Å². The topological polar surface area (TPSA) is 74.0 Å². The van der Waals surface area contributed by atoms with Crippen molar-refractivity contribution >= 4 is 27.5 Å². The van der Waals surface area contributed by atoms with Crippen LogP contribution in [0.1, 0.15) is 28.7 Å². The molecule has 0 aliphatic rings. The van der Waals surface area contributed by atoms with Crippen molar-refractivity contribution in [2.45, 2.75) is 27.0 Å². The van der Waals surface area contributed by atoms with Crippen molar-refractivity contribution in [3.63, 3.8) is 0 Å². The highest BCUT2D eigenvalue weighted by Gasteiger charge is 2.18.